The van der Waals surface area contributed by atoms with Crippen molar-refractivity contribution in [3.8, 4) is 11.5 Å². The van der Waals surface area contributed by atoms with E-state index in [0.717, 1.165) is 32.8 Å². The monoisotopic (exact) mass is 381 g/mol. The summed E-state index contributed by atoms with van der Waals surface area (Å²) in [5.74, 6) is 1.84. The molecule has 0 unspecified atom stereocenters. The zero-order valence-electron chi connectivity index (χ0n) is 14.7. The Bertz CT molecular complexity index is 692. The summed E-state index contributed by atoms with van der Waals surface area (Å²) in [6.45, 7) is 7.55. The minimum atomic E-state index is -0.00572. The van der Waals surface area contributed by atoms with Crippen LogP contribution in [0.3, 0.4) is 0 Å². The molecule has 0 saturated heterocycles. The number of amides is 1. The highest BCUT2D eigenvalue weighted by atomic mass is 32.2. The number of nitrogens with one attached hydrogen (secondary N) is 1. The van der Waals surface area contributed by atoms with Crippen LogP contribution in [-0.4, -0.2) is 41.6 Å². The summed E-state index contributed by atoms with van der Waals surface area (Å²) in [5, 5.41) is 11.8. The molecule has 1 amide bonds. The van der Waals surface area contributed by atoms with E-state index in [1.165, 1.54) is 23.1 Å². The lowest BCUT2D eigenvalue weighted by molar-refractivity contribution is -0.118. The summed E-state index contributed by atoms with van der Waals surface area (Å²) >= 11 is 2.91. The number of rotatable bonds is 10. The molecule has 0 saturated carbocycles. The van der Waals surface area contributed by atoms with Crippen LogP contribution in [0.5, 0.6) is 11.5 Å². The molecule has 0 fully saturated rings. The van der Waals surface area contributed by atoms with Gasteiger partial charge in [0.1, 0.15) is 5.01 Å². The second kappa shape index (κ2) is 10.2. The number of hydrogen-bond donors (Lipinski definition) is 1. The number of nitrogens with zero attached hydrogens (tertiary/aromatic N) is 2. The van der Waals surface area contributed by atoms with Crippen molar-refractivity contribution in [2.45, 2.75) is 31.5 Å². The van der Waals surface area contributed by atoms with Gasteiger partial charge in [-0.3, -0.25) is 4.79 Å². The predicted octanol–water partition coefficient (Wildman–Crippen LogP) is 3.09. The van der Waals surface area contributed by atoms with E-state index in [1.54, 1.807) is 0 Å². The Labute approximate surface area is 156 Å². The van der Waals surface area contributed by atoms with Gasteiger partial charge in [-0.1, -0.05) is 29.2 Å². The maximum Gasteiger partial charge on any atom is 0.230 e. The van der Waals surface area contributed by atoms with E-state index in [-0.39, 0.29) is 5.91 Å². The number of ether oxygens (including phenoxy) is 2. The van der Waals surface area contributed by atoms with Crippen LogP contribution in [0.25, 0.3) is 0 Å². The zero-order chi connectivity index (χ0) is 18.1. The molecule has 0 radical (unpaired) electrons. The number of aryl methyl sites for hydroxylation is 1. The first kappa shape index (κ1) is 19.5. The molecular weight excluding hydrogens is 358 g/mol. The van der Waals surface area contributed by atoms with Crippen LogP contribution < -0.4 is 14.8 Å². The fourth-order valence-corrected chi connectivity index (χ4v) is 3.76. The molecule has 0 aliphatic heterocycles. The minimum Gasteiger partial charge on any atom is -0.490 e. The SMILES string of the molecule is CCOc1ccc(CCNC(=O)CSc2nnc(C)s2)cc1OCC. The number of aromatic nitrogens is 2. The molecule has 1 heterocycles. The van der Waals surface area contributed by atoms with E-state index in [0.29, 0.717) is 25.5 Å². The molecule has 136 valence electrons. The van der Waals surface area contributed by atoms with Crippen LogP contribution in [0.2, 0.25) is 0 Å². The van der Waals surface area contributed by atoms with Gasteiger partial charge in [-0.2, -0.15) is 0 Å². The molecule has 1 N–H and O–H groups in total. The van der Waals surface area contributed by atoms with Crippen molar-refractivity contribution in [1.82, 2.24) is 15.5 Å². The Kier molecular flexibility index (Phi) is 8.00. The molecule has 0 spiro atoms. The van der Waals surface area contributed by atoms with Crippen molar-refractivity contribution in [1.29, 1.82) is 0 Å². The average Bonchev–Trinajstić information content (AvgIpc) is 3.01. The molecule has 25 heavy (non-hydrogen) atoms. The smallest absolute Gasteiger partial charge is 0.230 e. The lowest BCUT2D eigenvalue weighted by Gasteiger charge is -2.12. The Balaban J connectivity index is 1.78. The van der Waals surface area contributed by atoms with E-state index in [4.69, 9.17) is 9.47 Å². The number of benzene rings is 1. The van der Waals surface area contributed by atoms with Gasteiger partial charge in [-0.15, -0.1) is 10.2 Å². The average molecular weight is 382 g/mol. The van der Waals surface area contributed by atoms with Crippen molar-refractivity contribution in [2.24, 2.45) is 0 Å². The fraction of sp³-hybridized carbons (Fsp3) is 0.471. The quantitative estimate of drug-likeness (QED) is 0.638. The number of carbonyl (C=O) groups excluding carboxylic acids is 1. The largest absolute Gasteiger partial charge is 0.490 e. The summed E-state index contributed by atoms with van der Waals surface area (Å²) in [6.07, 6.45) is 0.737. The molecule has 8 heteroatoms. The molecule has 0 aliphatic rings. The highest BCUT2D eigenvalue weighted by molar-refractivity contribution is 8.01. The van der Waals surface area contributed by atoms with Gasteiger partial charge in [-0.25, -0.2) is 0 Å². The molecule has 2 aromatic rings. The van der Waals surface area contributed by atoms with Crippen molar-refractivity contribution in [3.05, 3.63) is 28.8 Å². The normalized spacial score (nSPS) is 10.5. The van der Waals surface area contributed by atoms with E-state index in [1.807, 2.05) is 39.0 Å². The van der Waals surface area contributed by atoms with Gasteiger partial charge in [0, 0.05) is 6.54 Å². The first-order valence-corrected chi connectivity index (χ1v) is 10.0. The van der Waals surface area contributed by atoms with Crippen LogP contribution in [0.15, 0.2) is 22.5 Å². The van der Waals surface area contributed by atoms with Crippen LogP contribution in [0.4, 0.5) is 0 Å². The zero-order valence-corrected chi connectivity index (χ0v) is 16.3. The van der Waals surface area contributed by atoms with E-state index in [9.17, 15) is 4.79 Å². The first-order chi connectivity index (χ1) is 12.1. The Hall–Kier alpha value is -1.80. The predicted molar refractivity (Wildman–Crippen MR) is 101 cm³/mol. The first-order valence-electron chi connectivity index (χ1n) is 8.20. The summed E-state index contributed by atoms with van der Waals surface area (Å²) in [7, 11) is 0. The highest BCUT2D eigenvalue weighted by Crippen LogP contribution is 2.28. The molecule has 6 nitrogen and oxygen atoms in total. The molecule has 0 bridgehead atoms. The summed E-state index contributed by atoms with van der Waals surface area (Å²) in [6, 6.07) is 5.89. The van der Waals surface area contributed by atoms with Crippen molar-refractivity contribution >= 4 is 29.0 Å². The number of carbonyl (C=O) groups is 1. The van der Waals surface area contributed by atoms with Gasteiger partial charge in [-0.05, 0) is 44.9 Å². The summed E-state index contributed by atoms with van der Waals surface area (Å²) in [5.41, 5.74) is 1.10. The van der Waals surface area contributed by atoms with Gasteiger partial charge in [0.15, 0.2) is 15.8 Å². The second-order valence-corrected chi connectivity index (χ2v) is 7.53. The third-order valence-corrected chi connectivity index (χ3v) is 5.15. The Morgan fingerprint density at radius 3 is 2.64 bits per heavy atom. The van der Waals surface area contributed by atoms with E-state index >= 15 is 0 Å². The fourth-order valence-electron chi connectivity index (χ4n) is 2.11. The molecule has 2 rings (SSSR count). The van der Waals surface area contributed by atoms with Crippen molar-refractivity contribution in [2.75, 3.05) is 25.5 Å². The van der Waals surface area contributed by atoms with Gasteiger partial charge < -0.3 is 14.8 Å². The van der Waals surface area contributed by atoms with Gasteiger partial charge in [0.05, 0.1) is 19.0 Å². The topological polar surface area (TPSA) is 73.3 Å². The van der Waals surface area contributed by atoms with Crippen molar-refractivity contribution in [3.63, 3.8) is 0 Å². The summed E-state index contributed by atoms with van der Waals surface area (Å²) in [4.78, 5) is 11.9. The molecule has 1 aromatic heterocycles. The standard InChI is InChI=1S/C17H23N3O3S2/c1-4-22-14-7-6-13(10-15(14)23-5-2)8-9-18-16(21)11-24-17-20-19-12(3)25-17/h6-7,10H,4-5,8-9,11H2,1-3H3,(H,18,21). The summed E-state index contributed by atoms with van der Waals surface area (Å²) < 4.78 is 12.0. The lowest BCUT2D eigenvalue weighted by Crippen LogP contribution is -2.27. The maximum absolute atomic E-state index is 11.9. The van der Waals surface area contributed by atoms with E-state index < -0.39 is 0 Å². The third-order valence-electron chi connectivity index (χ3n) is 3.18. The highest BCUT2D eigenvalue weighted by Gasteiger charge is 2.08. The number of thioether (sulfide) groups is 1. The molecule has 0 atom stereocenters. The molecular formula is C17H23N3O3S2. The minimum absolute atomic E-state index is 0.00572. The Morgan fingerprint density at radius 1 is 1.20 bits per heavy atom. The van der Waals surface area contributed by atoms with Crippen LogP contribution >= 0.6 is 23.1 Å². The van der Waals surface area contributed by atoms with Gasteiger partial charge >= 0.3 is 0 Å². The van der Waals surface area contributed by atoms with Crippen LogP contribution in [-0.2, 0) is 11.2 Å². The maximum atomic E-state index is 11.9. The molecule has 0 aliphatic carbocycles. The van der Waals surface area contributed by atoms with E-state index in [2.05, 4.69) is 15.5 Å². The second-order valence-electron chi connectivity index (χ2n) is 5.12. The van der Waals surface area contributed by atoms with Gasteiger partial charge in [0.25, 0.3) is 0 Å². The van der Waals surface area contributed by atoms with Gasteiger partial charge in [0.2, 0.25) is 5.91 Å². The van der Waals surface area contributed by atoms with Crippen LogP contribution in [0, 0.1) is 6.92 Å². The third kappa shape index (κ3) is 6.55. The van der Waals surface area contributed by atoms with Crippen LogP contribution in [0.1, 0.15) is 24.4 Å². The number of hydrogen-bond acceptors (Lipinski definition) is 7. The lowest BCUT2D eigenvalue weighted by atomic mass is 10.1. The Morgan fingerprint density at radius 2 is 1.96 bits per heavy atom. The molecule has 1 aromatic carbocycles. The van der Waals surface area contributed by atoms with Crippen molar-refractivity contribution < 1.29 is 14.3 Å².